The zero-order valence-electron chi connectivity index (χ0n) is 14.5. The van der Waals surface area contributed by atoms with Gasteiger partial charge in [0.25, 0.3) is 5.56 Å². The van der Waals surface area contributed by atoms with Crippen LogP contribution in [-0.2, 0) is 6.54 Å². The van der Waals surface area contributed by atoms with E-state index in [1.54, 1.807) is 24.3 Å². The van der Waals surface area contributed by atoms with Gasteiger partial charge in [-0.1, -0.05) is 23.7 Å². The second kappa shape index (κ2) is 8.36. The SMILES string of the molecule is Cc1ccc2cc(CNC[C@@H](O)COc3ccc(Cl)cc3)c(=O)[nH]c2c1. The molecule has 3 rings (SSSR count). The monoisotopic (exact) mass is 372 g/mol. The maximum absolute atomic E-state index is 12.2. The molecule has 1 atom stereocenters. The molecule has 0 fully saturated rings. The summed E-state index contributed by atoms with van der Waals surface area (Å²) in [5.74, 6) is 0.648. The van der Waals surface area contributed by atoms with Crippen LogP contribution in [0, 0.1) is 6.92 Å². The number of hydrogen-bond acceptors (Lipinski definition) is 4. The zero-order valence-corrected chi connectivity index (χ0v) is 15.2. The topological polar surface area (TPSA) is 74.3 Å². The Hall–Kier alpha value is -2.34. The highest BCUT2D eigenvalue weighted by Crippen LogP contribution is 2.15. The minimum atomic E-state index is -0.687. The van der Waals surface area contributed by atoms with E-state index in [1.807, 2.05) is 31.2 Å². The van der Waals surface area contributed by atoms with E-state index < -0.39 is 6.10 Å². The molecule has 1 heterocycles. The average Bonchev–Trinajstić information content (AvgIpc) is 2.62. The van der Waals surface area contributed by atoms with Crippen molar-refractivity contribution < 1.29 is 9.84 Å². The summed E-state index contributed by atoms with van der Waals surface area (Å²) in [4.78, 5) is 15.1. The third-order valence-electron chi connectivity index (χ3n) is 4.03. The van der Waals surface area contributed by atoms with Crippen molar-refractivity contribution >= 4 is 22.5 Å². The smallest absolute Gasteiger partial charge is 0.252 e. The van der Waals surface area contributed by atoms with Gasteiger partial charge in [-0.3, -0.25) is 4.79 Å². The minimum absolute atomic E-state index is 0.123. The number of H-pyrrole nitrogens is 1. The number of fused-ring (bicyclic) bond motifs is 1. The standard InChI is InChI=1S/C20H21ClN2O3/c1-13-2-3-14-9-15(20(25)23-19(14)8-13)10-22-11-17(24)12-26-18-6-4-16(21)5-7-18/h2-9,17,22,24H,10-12H2,1H3,(H,23,25)/t17-/m1/s1. The molecule has 0 aliphatic heterocycles. The summed E-state index contributed by atoms with van der Waals surface area (Å²) in [6, 6.07) is 14.8. The fraction of sp³-hybridized carbons (Fsp3) is 0.250. The van der Waals surface area contributed by atoms with Crippen LogP contribution in [0.2, 0.25) is 5.02 Å². The molecule has 0 saturated heterocycles. The Morgan fingerprint density at radius 2 is 1.96 bits per heavy atom. The molecule has 1 aromatic heterocycles. The molecule has 6 heteroatoms. The van der Waals surface area contributed by atoms with E-state index in [-0.39, 0.29) is 12.2 Å². The molecule has 26 heavy (non-hydrogen) atoms. The zero-order chi connectivity index (χ0) is 18.5. The molecule has 136 valence electrons. The van der Waals surface area contributed by atoms with Gasteiger partial charge in [0.1, 0.15) is 18.5 Å². The molecular weight excluding hydrogens is 352 g/mol. The van der Waals surface area contributed by atoms with E-state index in [0.717, 1.165) is 16.5 Å². The molecule has 0 aliphatic rings. The average molecular weight is 373 g/mol. The maximum Gasteiger partial charge on any atom is 0.252 e. The van der Waals surface area contributed by atoms with E-state index in [0.29, 0.717) is 29.4 Å². The van der Waals surface area contributed by atoms with Gasteiger partial charge in [-0.2, -0.15) is 0 Å². The van der Waals surface area contributed by atoms with Gasteiger partial charge in [-0.15, -0.1) is 0 Å². The molecule has 0 aliphatic carbocycles. The Bertz CT molecular complexity index is 938. The Kier molecular flexibility index (Phi) is 5.93. The largest absolute Gasteiger partial charge is 0.491 e. The van der Waals surface area contributed by atoms with E-state index in [4.69, 9.17) is 16.3 Å². The van der Waals surface area contributed by atoms with Crippen LogP contribution < -0.4 is 15.6 Å². The fourth-order valence-electron chi connectivity index (χ4n) is 2.65. The number of rotatable bonds is 7. The minimum Gasteiger partial charge on any atom is -0.491 e. The predicted octanol–water partition coefficient (Wildman–Crippen LogP) is 3.02. The van der Waals surface area contributed by atoms with Gasteiger partial charge in [0.15, 0.2) is 0 Å². The number of aliphatic hydroxyl groups excluding tert-OH is 1. The normalized spacial score (nSPS) is 12.3. The van der Waals surface area contributed by atoms with Crippen molar-refractivity contribution in [1.82, 2.24) is 10.3 Å². The Morgan fingerprint density at radius 3 is 2.73 bits per heavy atom. The van der Waals surface area contributed by atoms with E-state index in [1.165, 1.54) is 0 Å². The van der Waals surface area contributed by atoms with Gasteiger partial charge in [0, 0.05) is 29.2 Å². The first-order valence-electron chi connectivity index (χ1n) is 8.41. The Balaban J connectivity index is 1.51. The molecule has 0 spiro atoms. The second-order valence-corrected chi connectivity index (χ2v) is 6.70. The van der Waals surface area contributed by atoms with Crippen molar-refractivity contribution in [2.24, 2.45) is 0 Å². The van der Waals surface area contributed by atoms with Crippen LogP contribution in [0.3, 0.4) is 0 Å². The number of ether oxygens (including phenoxy) is 1. The molecule has 3 N–H and O–H groups in total. The van der Waals surface area contributed by atoms with Crippen LogP contribution in [0.1, 0.15) is 11.1 Å². The lowest BCUT2D eigenvalue weighted by Crippen LogP contribution is -2.32. The van der Waals surface area contributed by atoms with E-state index in [9.17, 15) is 9.90 Å². The second-order valence-electron chi connectivity index (χ2n) is 6.26. The quantitative estimate of drug-likeness (QED) is 0.596. The molecule has 2 aromatic carbocycles. The number of aryl methyl sites for hydroxylation is 1. The summed E-state index contributed by atoms with van der Waals surface area (Å²) < 4.78 is 5.50. The summed E-state index contributed by atoms with van der Waals surface area (Å²) in [7, 11) is 0. The highest BCUT2D eigenvalue weighted by molar-refractivity contribution is 6.30. The van der Waals surface area contributed by atoms with E-state index >= 15 is 0 Å². The predicted molar refractivity (Wildman–Crippen MR) is 104 cm³/mol. The van der Waals surface area contributed by atoms with Gasteiger partial charge in [0.2, 0.25) is 0 Å². The van der Waals surface area contributed by atoms with Crippen molar-refractivity contribution in [2.45, 2.75) is 19.6 Å². The first kappa shape index (κ1) is 18.5. The summed E-state index contributed by atoms with van der Waals surface area (Å²) in [6.07, 6.45) is -0.687. The first-order valence-corrected chi connectivity index (χ1v) is 8.79. The van der Waals surface area contributed by atoms with Crippen molar-refractivity contribution in [3.05, 3.63) is 75.0 Å². The van der Waals surface area contributed by atoms with Gasteiger partial charge in [0.05, 0.1) is 0 Å². The number of aliphatic hydroxyl groups is 1. The summed E-state index contributed by atoms with van der Waals surface area (Å²) in [6.45, 7) is 2.83. The van der Waals surface area contributed by atoms with Crippen molar-refractivity contribution in [3.8, 4) is 5.75 Å². The van der Waals surface area contributed by atoms with Crippen LogP contribution in [-0.4, -0.2) is 29.3 Å². The summed E-state index contributed by atoms with van der Waals surface area (Å²) in [5.41, 5.74) is 2.44. The van der Waals surface area contributed by atoms with Crippen molar-refractivity contribution in [2.75, 3.05) is 13.2 Å². The lowest BCUT2D eigenvalue weighted by molar-refractivity contribution is 0.106. The Labute approximate surface area is 156 Å². The van der Waals surface area contributed by atoms with Crippen LogP contribution in [0.5, 0.6) is 5.75 Å². The van der Waals surface area contributed by atoms with Gasteiger partial charge in [-0.25, -0.2) is 0 Å². The molecule has 0 unspecified atom stereocenters. The number of pyridine rings is 1. The number of hydrogen-bond donors (Lipinski definition) is 3. The highest BCUT2D eigenvalue weighted by atomic mass is 35.5. The summed E-state index contributed by atoms with van der Waals surface area (Å²) in [5, 5.41) is 14.7. The number of aromatic amines is 1. The first-order chi connectivity index (χ1) is 12.5. The molecular formula is C20H21ClN2O3. The number of halogens is 1. The van der Waals surface area contributed by atoms with Crippen LogP contribution in [0.25, 0.3) is 10.9 Å². The van der Waals surface area contributed by atoms with Crippen molar-refractivity contribution in [1.29, 1.82) is 0 Å². The molecule has 0 radical (unpaired) electrons. The number of nitrogens with one attached hydrogen (secondary N) is 2. The maximum atomic E-state index is 12.2. The molecule has 0 amide bonds. The van der Waals surface area contributed by atoms with Crippen LogP contribution in [0.4, 0.5) is 0 Å². The van der Waals surface area contributed by atoms with E-state index in [2.05, 4.69) is 10.3 Å². The van der Waals surface area contributed by atoms with Gasteiger partial charge >= 0.3 is 0 Å². The highest BCUT2D eigenvalue weighted by Gasteiger charge is 2.07. The van der Waals surface area contributed by atoms with Crippen LogP contribution >= 0.6 is 11.6 Å². The van der Waals surface area contributed by atoms with Crippen molar-refractivity contribution in [3.63, 3.8) is 0 Å². The molecule has 0 saturated carbocycles. The third-order valence-corrected chi connectivity index (χ3v) is 4.28. The number of aromatic nitrogens is 1. The fourth-order valence-corrected chi connectivity index (χ4v) is 2.77. The van der Waals surface area contributed by atoms with Gasteiger partial charge < -0.3 is 20.1 Å². The lowest BCUT2D eigenvalue weighted by atomic mass is 10.1. The third kappa shape index (κ3) is 4.85. The molecule has 3 aromatic rings. The number of benzene rings is 2. The van der Waals surface area contributed by atoms with Gasteiger partial charge in [-0.05, 0) is 54.3 Å². The lowest BCUT2D eigenvalue weighted by Gasteiger charge is -2.13. The van der Waals surface area contributed by atoms with Crippen LogP contribution in [0.15, 0.2) is 53.3 Å². The molecule has 0 bridgehead atoms. The molecule has 5 nitrogen and oxygen atoms in total. The summed E-state index contributed by atoms with van der Waals surface area (Å²) >= 11 is 5.81. The Morgan fingerprint density at radius 1 is 1.19 bits per heavy atom.